The van der Waals surface area contributed by atoms with Crippen LogP contribution in [-0.2, 0) is 6.42 Å². The summed E-state index contributed by atoms with van der Waals surface area (Å²) in [5.74, 6) is 1.49. The highest BCUT2D eigenvalue weighted by Gasteiger charge is 2.12. The van der Waals surface area contributed by atoms with Gasteiger partial charge in [0.25, 0.3) is 0 Å². The third-order valence-corrected chi connectivity index (χ3v) is 4.24. The molecule has 0 saturated heterocycles. The van der Waals surface area contributed by atoms with Crippen molar-refractivity contribution in [3.8, 4) is 22.1 Å². The molecule has 0 atom stereocenters. The molecule has 0 unspecified atom stereocenters. The summed E-state index contributed by atoms with van der Waals surface area (Å²) in [6.45, 7) is 5.24. The van der Waals surface area contributed by atoms with Crippen LogP contribution in [0.2, 0.25) is 0 Å². The fraction of sp³-hybridized carbons (Fsp3) is 0.400. The first-order valence-corrected chi connectivity index (χ1v) is 7.48. The number of nitrogens with zero attached hydrogens (tertiary/aromatic N) is 1. The van der Waals surface area contributed by atoms with Crippen molar-refractivity contribution in [1.29, 1.82) is 0 Å². The molecule has 0 spiro atoms. The zero-order valence-electron chi connectivity index (χ0n) is 12.1. The number of rotatable bonds is 6. The highest BCUT2D eigenvalue weighted by molar-refractivity contribution is 7.15. The van der Waals surface area contributed by atoms with E-state index >= 15 is 0 Å². The monoisotopic (exact) mass is 292 g/mol. The first-order chi connectivity index (χ1) is 9.69. The van der Waals surface area contributed by atoms with Gasteiger partial charge in [0, 0.05) is 10.4 Å². The number of hydrogen-bond donors (Lipinski definition) is 1. The van der Waals surface area contributed by atoms with Crippen LogP contribution in [0, 0.1) is 6.92 Å². The lowest BCUT2D eigenvalue weighted by Gasteiger charge is -2.10. The molecule has 0 saturated carbocycles. The number of methoxy groups -OCH3 is 1. The Hall–Kier alpha value is -1.59. The van der Waals surface area contributed by atoms with E-state index in [1.807, 2.05) is 32.0 Å². The fourth-order valence-electron chi connectivity index (χ4n) is 1.99. The second-order valence-electron chi connectivity index (χ2n) is 4.36. The van der Waals surface area contributed by atoms with Gasteiger partial charge < -0.3 is 15.2 Å². The summed E-state index contributed by atoms with van der Waals surface area (Å²) < 4.78 is 10.9. The SMILES string of the molecule is CCOc1cc(-c2nc(C)c(CCN)s2)ccc1OC. The van der Waals surface area contributed by atoms with Gasteiger partial charge in [0.2, 0.25) is 0 Å². The molecule has 20 heavy (non-hydrogen) atoms. The third kappa shape index (κ3) is 3.11. The zero-order valence-corrected chi connectivity index (χ0v) is 12.9. The van der Waals surface area contributed by atoms with Crippen molar-refractivity contribution in [3.05, 3.63) is 28.8 Å². The molecule has 2 N–H and O–H groups in total. The Labute approximate surface area is 123 Å². The number of benzene rings is 1. The molecule has 0 aliphatic carbocycles. The van der Waals surface area contributed by atoms with Crippen molar-refractivity contribution in [2.45, 2.75) is 20.3 Å². The van der Waals surface area contributed by atoms with Crippen LogP contribution in [0.4, 0.5) is 0 Å². The average Bonchev–Trinajstić information content (AvgIpc) is 2.81. The van der Waals surface area contributed by atoms with Gasteiger partial charge in [0.15, 0.2) is 11.5 Å². The van der Waals surface area contributed by atoms with E-state index < -0.39 is 0 Å². The van der Waals surface area contributed by atoms with Crippen molar-refractivity contribution < 1.29 is 9.47 Å². The van der Waals surface area contributed by atoms with E-state index in [0.717, 1.165) is 34.2 Å². The van der Waals surface area contributed by atoms with Gasteiger partial charge in [0.1, 0.15) is 5.01 Å². The van der Waals surface area contributed by atoms with Crippen LogP contribution < -0.4 is 15.2 Å². The predicted molar refractivity (Wildman–Crippen MR) is 82.8 cm³/mol. The molecule has 2 rings (SSSR count). The zero-order chi connectivity index (χ0) is 14.5. The summed E-state index contributed by atoms with van der Waals surface area (Å²) in [5, 5.41) is 0.995. The number of ether oxygens (including phenoxy) is 2. The number of aromatic nitrogens is 1. The van der Waals surface area contributed by atoms with Crippen LogP contribution in [-0.4, -0.2) is 25.2 Å². The Bertz CT molecular complexity index is 581. The summed E-state index contributed by atoms with van der Waals surface area (Å²) >= 11 is 1.69. The number of nitrogens with two attached hydrogens (primary N) is 1. The molecule has 0 fully saturated rings. The van der Waals surface area contributed by atoms with Gasteiger partial charge in [-0.25, -0.2) is 4.98 Å². The van der Waals surface area contributed by atoms with E-state index in [1.165, 1.54) is 4.88 Å². The van der Waals surface area contributed by atoms with E-state index in [-0.39, 0.29) is 0 Å². The highest BCUT2D eigenvalue weighted by Crippen LogP contribution is 2.35. The van der Waals surface area contributed by atoms with Gasteiger partial charge in [-0.2, -0.15) is 0 Å². The molecule has 108 valence electrons. The van der Waals surface area contributed by atoms with Gasteiger partial charge in [0.05, 0.1) is 19.4 Å². The lowest BCUT2D eigenvalue weighted by atomic mass is 10.2. The average molecular weight is 292 g/mol. The fourth-order valence-corrected chi connectivity index (χ4v) is 3.07. The quantitative estimate of drug-likeness (QED) is 0.889. The molecule has 1 aromatic carbocycles. The van der Waals surface area contributed by atoms with Crippen LogP contribution in [0.25, 0.3) is 10.6 Å². The van der Waals surface area contributed by atoms with Crippen LogP contribution in [0.1, 0.15) is 17.5 Å². The molecule has 0 amide bonds. The summed E-state index contributed by atoms with van der Waals surface area (Å²) in [6, 6.07) is 5.90. The summed E-state index contributed by atoms with van der Waals surface area (Å²) in [6.07, 6.45) is 0.873. The van der Waals surface area contributed by atoms with E-state index in [1.54, 1.807) is 18.4 Å². The van der Waals surface area contributed by atoms with E-state index in [2.05, 4.69) is 4.98 Å². The number of aryl methyl sites for hydroxylation is 1. The smallest absolute Gasteiger partial charge is 0.161 e. The lowest BCUT2D eigenvalue weighted by molar-refractivity contribution is 0.311. The Balaban J connectivity index is 2.37. The van der Waals surface area contributed by atoms with Crippen molar-refractivity contribution in [2.24, 2.45) is 5.73 Å². The minimum Gasteiger partial charge on any atom is -0.493 e. The summed E-state index contributed by atoms with van der Waals surface area (Å²) in [4.78, 5) is 5.87. The molecule has 0 aliphatic heterocycles. The molecule has 1 heterocycles. The van der Waals surface area contributed by atoms with E-state index in [4.69, 9.17) is 15.2 Å². The van der Waals surface area contributed by atoms with Gasteiger partial charge in [-0.3, -0.25) is 0 Å². The molecular weight excluding hydrogens is 272 g/mol. The first kappa shape index (κ1) is 14.8. The second-order valence-corrected chi connectivity index (χ2v) is 5.45. The maximum Gasteiger partial charge on any atom is 0.161 e. The molecule has 5 heteroatoms. The minimum atomic E-state index is 0.606. The van der Waals surface area contributed by atoms with Crippen LogP contribution >= 0.6 is 11.3 Å². The van der Waals surface area contributed by atoms with Crippen LogP contribution in [0.15, 0.2) is 18.2 Å². The van der Waals surface area contributed by atoms with E-state index in [9.17, 15) is 0 Å². The molecule has 4 nitrogen and oxygen atoms in total. The Morgan fingerprint density at radius 3 is 2.75 bits per heavy atom. The molecule has 2 aromatic rings. The van der Waals surface area contributed by atoms with Crippen molar-refractivity contribution in [2.75, 3.05) is 20.3 Å². The largest absolute Gasteiger partial charge is 0.493 e. The van der Waals surface area contributed by atoms with Gasteiger partial charge in [-0.15, -0.1) is 11.3 Å². The molecular formula is C15H20N2O2S. The maximum atomic E-state index is 5.62. The topological polar surface area (TPSA) is 57.4 Å². The maximum absolute atomic E-state index is 5.62. The summed E-state index contributed by atoms with van der Waals surface area (Å²) in [5.41, 5.74) is 7.73. The molecule has 0 bridgehead atoms. The first-order valence-electron chi connectivity index (χ1n) is 6.67. The molecule has 1 aromatic heterocycles. The van der Waals surface area contributed by atoms with Crippen molar-refractivity contribution in [1.82, 2.24) is 4.98 Å². The van der Waals surface area contributed by atoms with E-state index in [0.29, 0.717) is 13.2 Å². The summed E-state index contributed by atoms with van der Waals surface area (Å²) in [7, 11) is 1.64. The van der Waals surface area contributed by atoms with Gasteiger partial charge in [-0.1, -0.05) is 0 Å². The highest BCUT2D eigenvalue weighted by atomic mass is 32.1. The number of hydrogen-bond acceptors (Lipinski definition) is 5. The Kier molecular flexibility index (Phi) is 4.98. The standard InChI is InChI=1S/C15H20N2O2S/c1-4-19-13-9-11(5-6-12(13)18-3)15-17-10(2)14(20-15)7-8-16/h5-6,9H,4,7-8,16H2,1-3H3. The van der Waals surface area contributed by atoms with Gasteiger partial charge >= 0.3 is 0 Å². The Morgan fingerprint density at radius 2 is 2.10 bits per heavy atom. The van der Waals surface area contributed by atoms with Gasteiger partial charge in [-0.05, 0) is 45.0 Å². The van der Waals surface area contributed by atoms with Crippen LogP contribution in [0.3, 0.4) is 0 Å². The third-order valence-electron chi connectivity index (χ3n) is 2.97. The number of thiazole rings is 1. The predicted octanol–water partition coefficient (Wildman–Crippen LogP) is 3.03. The van der Waals surface area contributed by atoms with Crippen LogP contribution in [0.5, 0.6) is 11.5 Å². The molecule has 0 radical (unpaired) electrons. The van der Waals surface area contributed by atoms with Crippen molar-refractivity contribution >= 4 is 11.3 Å². The minimum absolute atomic E-state index is 0.606. The molecule has 0 aliphatic rings. The lowest BCUT2D eigenvalue weighted by Crippen LogP contribution is -2.01. The van der Waals surface area contributed by atoms with Crippen molar-refractivity contribution in [3.63, 3.8) is 0 Å². The second kappa shape index (κ2) is 6.72. The Morgan fingerprint density at radius 1 is 1.30 bits per heavy atom. The normalized spacial score (nSPS) is 10.6.